The predicted octanol–water partition coefficient (Wildman–Crippen LogP) is 1.75. The molecule has 0 fully saturated rings. The number of aromatic nitrogens is 5. The van der Waals surface area contributed by atoms with Crippen LogP contribution in [-0.4, -0.2) is 73.1 Å². The van der Waals surface area contributed by atoms with Crippen LogP contribution in [0.2, 0.25) is 0 Å². The SMILES string of the molecule is CN1CCc2cc(Nc3ncc4c(=O)n5n(c4n3)-c3ccc4c(n3)N(CC(O)C/C=C\C5)C(=O)CO4)ccc2C1. The maximum Gasteiger partial charge on any atom is 0.278 e. The minimum Gasteiger partial charge on any atom is -0.480 e. The van der Waals surface area contributed by atoms with E-state index in [-0.39, 0.29) is 31.2 Å². The number of hydrogen-bond donors (Lipinski definition) is 2. The molecule has 7 rings (SSSR count). The fraction of sp³-hybridized carbons (Fsp3) is 0.321. The number of aliphatic hydroxyl groups excluding tert-OH is 1. The van der Waals surface area contributed by atoms with Crippen LogP contribution in [0.1, 0.15) is 17.5 Å². The van der Waals surface area contributed by atoms with E-state index in [0.29, 0.717) is 40.8 Å². The van der Waals surface area contributed by atoms with Crippen LogP contribution in [0.25, 0.3) is 16.9 Å². The number of amides is 1. The molecular weight excluding hydrogens is 512 g/mol. The van der Waals surface area contributed by atoms with E-state index < -0.39 is 6.10 Å². The third-order valence-corrected chi connectivity index (χ3v) is 7.54. The maximum atomic E-state index is 13.5. The summed E-state index contributed by atoms with van der Waals surface area (Å²) in [5, 5.41) is 14.2. The second-order valence-electron chi connectivity index (χ2n) is 10.4. The van der Waals surface area contributed by atoms with Crippen LogP contribution < -0.4 is 20.5 Å². The number of nitrogens with zero attached hydrogens (tertiary/aromatic N) is 7. The number of hydrogen-bond acceptors (Lipinski definition) is 9. The first-order valence-electron chi connectivity index (χ1n) is 13.3. The molecule has 3 aliphatic heterocycles. The molecule has 3 aromatic heterocycles. The zero-order chi connectivity index (χ0) is 27.4. The quantitative estimate of drug-likeness (QED) is 0.365. The first kappa shape index (κ1) is 24.5. The highest BCUT2D eigenvalue weighted by atomic mass is 16.5. The molecule has 12 nitrogen and oxygen atoms in total. The smallest absolute Gasteiger partial charge is 0.278 e. The van der Waals surface area contributed by atoms with Gasteiger partial charge in [-0.2, -0.15) is 4.98 Å². The minimum absolute atomic E-state index is 0.0858. The van der Waals surface area contributed by atoms with E-state index in [2.05, 4.69) is 34.4 Å². The highest BCUT2D eigenvalue weighted by molar-refractivity contribution is 5.97. The van der Waals surface area contributed by atoms with Gasteiger partial charge in [-0.25, -0.2) is 19.3 Å². The Kier molecular flexibility index (Phi) is 5.86. The van der Waals surface area contributed by atoms with E-state index >= 15 is 0 Å². The van der Waals surface area contributed by atoms with Crippen LogP contribution in [0.3, 0.4) is 0 Å². The van der Waals surface area contributed by atoms with Gasteiger partial charge in [-0.15, -0.1) is 0 Å². The molecule has 3 aliphatic rings. The number of allylic oxidation sites excluding steroid dienone is 1. The van der Waals surface area contributed by atoms with E-state index in [4.69, 9.17) is 14.7 Å². The van der Waals surface area contributed by atoms with Crippen molar-refractivity contribution in [2.75, 3.05) is 37.0 Å². The number of fused-ring (bicyclic) bond motifs is 6. The van der Waals surface area contributed by atoms with Crippen molar-refractivity contribution in [2.45, 2.75) is 32.0 Å². The summed E-state index contributed by atoms with van der Waals surface area (Å²) in [4.78, 5) is 43.9. The van der Waals surface area contributed by atoms with E-state index in [1.54, 1.807) is 22.9 Å². The summed E-state index contributed by atoms with van der Waals surface area (Å²) in [5.74, 6) is 1.18. The van der Waals surface area contributed by atoms with Gasteiger partial charge in [0.1, 0.15) is 5.39 Å². The number of rotatable bonds is 2. The lowest BCUT2D eigenvalue weighted by Gasteiger charge is -2.30. The second kappa shape index (κ2) is 9.57. The van der Waals surface area contributed by atoms with E-state index in [9.17, 15) is 14.7 Å². The van der Waals surface area contributed by atoms with Crippen LogP contribution in [0, 0.1) is 0 Å². The molecule has 6 heterocycles. The first-order valence-corrected chi connectivity index (χ1v) is 13.3. The molecule has 1 atom stereocenters. The predicted molar refractivity (Wildman–Crippen MR) is 148 cm³/mol. The Hall–Kier alpha value is -4.55. The van der Waals surface area contributed by atoms with Gasteiger partial charge in [0, 0.05) is 25.0 Å². The molecule has 0 saturated carbocycles. The van der Waals surface area contributed by atoms with Crippen molar-refractivity contribution < 1.29 is 14.6 Å². The Morgan fingerprint density at radius 3 is 2.90 bits per heavy atom. The molecule has 2 N–H and O–H groups in total. The Bertz CT molecular complexity index is 1740. The number of ether oxygens (including phenoxy) is 1. The normalized spacial score (nSPS) is 19.7. The minimum atomic E-state index is -0.789. The summed E-state index contributed by atoms with van der Waals surface area (Å²) in [6.45, 7) is 2.13. The third kappa shape index (κ3) is 4.21. The fourth-order valence-electron chi connectivity index (χ4n) is 5.47. The van der Waals surface area contributed by atoms with Gasteiger partial charge in [0.2, 0.25) is 5.95 Å². The summed E-state index contributed by atoms with van der Waals surface area (Å²) < 4.78 is 8.77. The monoisotopic (exact) mass is 540 g/mol. The van der Waals surface area contributed by atoms with E-state index in [1.165, 1.54) is 26.9 Å². The van der Waals surface area contributed by atoms with E-state index in [1.807, 2.05) is 12.1 Å². The Balaban J connectivity index is 1.34. The number of pyridine rings is 1. The molecule has 12 heteroatoms. The number of nitrogens with one attached hydrogen (secondary N) is 1. The average molecular weight is 541 g/mol. The number of aliphatic hydroxyl groups is 1. The summed E-state index contributed by atoms with van der Waals surface area (Å²) >= 11 is 0. The lowest BCUT2D eigenvalue weighted by molar-refractivity contribution is -0.121. The fourth-order valence-corrected chi connectivity index (χ4v) is 5.47. The van der Waals surface area contributed by atoms with Gasteiger partial charge in [-0.3, -0.25) is 14.5 Å². The van der Waals surface area contributed by atoms with Crippen molar-refractivity contribution in [2.24, 2.45) is 0 Å². The van der Waals surface area contributed by atoms with Crippen LogP contribution in [-0.2, 0) is 24.3 Å². The van der Waals surface area contributed by atoms with Gasteiger partial charge in [-0.05, 0) is 55.3 Å². The molecule has 1 amide bonds. The molecule has 0 saturated heterocycles. The van der Waals surface area contributed by atoms with Crippen LogP contribution in [0.15, 0.2) is 53.5 Å². The summed E-state index contributed by atoms with van der Waals surface area (Å²) in [5.41, 5.74) is 3.59. The van der Waals surface area contributed by atoms with Crippen molar-refractivity contribution in [1.82, 2.24) is 29.2 Å². The molecule has 1 unspecified atom stereocenters. The molecule has 0 aliphatic carbocycles. The van der Waals surface area contributed by atoms with E-state index in [0.717, 1.165) is 25.2 Å². The van der Waals surface area contributed by atoms with Crippen molar-refractivity contribution >= 4 is 34.4 Å². The van der Waals surface area contributed by atoms with Gasteiger partial charge in [0.25, 0.3) is 11.5 Å². The molecular formula is C28H28N8O4. The highest BCUT2D eigenvalue weighted by Gasteiger charge is 2.30. The first-order chi connectivity index (χ1) is 19.4. The highest BCUT2D eigenvalue weighted by Crippen LogP contribution is 2.32. The molecule has 40 heavy (non-hydrogen) atoms. The largest absolute Gasteiger partial charge is 0.480 e. The Morgan fingerprint density at radius 2 is 2.00 bits per heavy atom. The third-order valence-electron chi connectivity index (χ3n) is 7.54. The molecule has 204 valence electrons. The summed E-state index contributed by atoms with van der Waals surface area (Å²) in [6.07, 6.45) is 5.65. The van der Waals surface area contributed by atoms with Gasteiger partial charge in [-0.1, -0.05) is 18.2 Å². The van der Waals surface area contributed by atoms with Gasteiger partial charge in [0.15, 0.2) is 29.6 Å². The zero-order valence-corrected chi connectivity index (χ0v) is 21.9. The molecule has 2 bridgehead atoms. The number of anilines is 3. The lowest BCUT2D eigenvalue weighted by Crippen LogP contribution is -2.44. The molecule has 0 radical (unpaired) electrons. The molecule has 1 aromatic carbocycles. The van der Waals surface area contributed by atoms with Crippen LogP contribution in [0.5, 0.6) is 5.75 Å². The number of carbonyl (C=O) groups is 1. The van der Waals surface area contributed by atoms with Crippen molar-refractivity contribution in [3.8, 4) is 11.6 Å². The second-order valence-corrected chi connectivity index (χ2v) is 10.4. The summed E-state index contributed by atoms with van der Waals surface area (Å²) in [6, 6.07) is 9.71. The van der Waals surface area contributed by atoms with Gasteiger partial charge in [0.05, 0.1) is 19.2 Å². The lowest BCUT2D eigenvalue weighted by atomic mass is 9.99. The van der Waals surface area contributed by atoms with Gasteiger partial charge < -0.3 is 20.1 Å². The van der Waals surface area contributed by atoms with Crippen LogP contribution >= 0.6 is 0 Å². The Morgan fingerprint density at radius 1 is 1.10 bits per heavy atom. The van der Waals surface area contributed by atoms with Crippen molar-refractivity contribution in [3.63, 3.8) is 0 Å². The molecule has 0 spiro atoms. The summed E-state index contributed by atoms with van der Waals surface area (Å²) in [7, 11) is 2.12. The molecule has 4 aromatic rings. The maximum absolute atomic E-state index is 13.5. The average Bonchev–Trinajstić information content (AvgIpc) is 3.22. The number of carbonyl (C=O) groups excluding carboxylic acids is 1. The standard InChI is InChI=1S/C28H28N8O4/c1-33-11-9-17-12-19(6-5-18(17)14-33)30-28-29-13-21-25(32-28)36-23-8-7-22-26(31-23)34(24(38)16-40-22)15-20(37)4-2-3-10-35(36)27(21)39/h2-3,5-8,12-13,20,37H,4,9-11,14-16H2,1H3,(H,29,30,32)/b3-2-. The topological polar surface area (TPSA) is 131 Å². The van der Waals surface area contributed by atoms with Crippen molar-refractivity contribution in [1.29, 1.82) is 0 Å². The van der Waals surface area contributed by atoms with Crippen LogP contribution in [0.4, 0.5) is 17.5 Å². The van der Waals surface area contributed by atoms with Gasteiger partial charge >= 0.3 is 0 Å². The van der Waals surface area contributed by atoms with Crippen molar-refractivity contribution in [3.05, 3.63) is 70.2 Å². The number of likely N-dealkylation sites (N-methyl/N-ethyl adjacent to an activating group) is 1. The zero-order valence-electron chi connectivity index (χ0n) is 21.9. The Labute approximate surface area is 229 Å². The number of benzene rings is 1.